The van der Waals surface area contributed by atoms with Crippen molar-refractivity contribution >= 4 is 11.9 Å². The number of rotatable bonds is 14. The van der Waals surface area contributed by atoms with Crippen molar-refractivity contribution in [1.29, 1.82) is 0 Å². The van der Waals surface area contributed by atoms with Crippen molar-refractivity contribution in [1.82, 2.24) is 5.32 Å². The predicted octanol–water partition coefficient (Wildman–Crippen LogP) is 2.74. The Labute approximate surface area is 255 Å². The van der Waals surface area contributed by atoms with E-state index in [1.165, 1.54) is 7.11 Å². The Kier molecular flexibility index (Phi) is 13.0. The largest absolute Gasteiger partial charge is 0.481 e. The summed E-state index contributed by atoms with van der Waals surface area (Å²) >= 11 is 0. The number of carboxylic acids is 1. The maximum absolute atomic E-state index is 13.4. The number of aliphatic carboxylic acids is 1. The van der Waals surface area contributed by atoms with Gasteiger partial charge in [0.15, 0.2) is 12.3 Å². The molecule has 1 unspecified atom stereocenters. The van der Waals surface area contributed by atoms with Crippen LogP contribution in [0.5, 0.6) is 0 Å². The predicted molar refractivity (Wildman–Crippen MR) is 156 cm³/mol. The Morgan fingerprint density at radius 1 is 1.07 bits per heavy atom. The van der Waals surface area contributed by atoms with E-state index in [1.807, 2.05) is 39.8 Å². The molecule has 0 aromatic heterocycles. The number of amides is 1. The van der Waals surface area contributed by atoms with Crippen LogP contribution in [0.2, 0.25) is 0 Å². The van der Waals surface area contributed by atoms with E-state index in [1.54, 1.807) is 7.11 Å². The number of carboxylic acid groups (broad SMARTS) is 1. The van der Waals surface area contributed by atoms with Gasteiger partial charge in [-0.25, -0.2) is 0 Å². The summed E-state index contributed by atoms with van der Waals surface area (Å²) in [5, 5.41) is 33.6. The van der Waals surface area contributed by atoms with Gasteiger partial charge in [-0.05, 0) is 44.4 Å². The Bertz CT molecular complexity index is 931. The molecule has 12 nitrogen and oxygen atoms in total. The average Bonchev–Trinajstić information content (AvgIpc) is 2.95. The second-order valence-corrected chi connectivity index (χ2v) is 12.9. The number of aliphatic hydroxyl groups excluding tert-OH is 2. The number of carbonyl (C=O) groups excluding carboxylic acids is 1. The minimum atomic E-state index is -1.62. The van der Waals surface area contributed by atoms with E-state index >= 15 is 0 Å². The summed E-state index contributed by atoms with van der Waals surface area (Å²) in [5.41, 5.74) is -0.544. The zero-order chi connectivity index (χ0) is 31.9. The van der Waals surface area contributed by atoms with Gasteiger partial charge in [0.2, 0.25) is 5.79 Å². The fraction of sp³-hybridized carbons (Fsp3) is 0.871. The van der Waals surface area contributed by atoms with Gasteiger partial charge in [-0.2, -0.15) is 0 Å². The molecule has 0 bridgehead atoms. The lowest BCUT2D eigenvalue weighted by molar-refractivity contribution is -0.334. The van der Waals surface area contributed by atoms with Gasteiger partial charge in [0.1, 0.15) is 19.0 Å². The summed E-state index contributed by atoms with van der Waals surface area (Å²) in [6, 6.07) is 0. The van der Waals surface area contributed by atoms with Crippen LogP contribution in [0.3, 0.4) is 0 Å². The molecule has 0 saturated carbocycles. The molecule has 3 fully saturated rings. The fourth-order valence-electron chi connectivity index (χ4n) is 6.54. The number of hydrogen-bond acceptors (Lipinski definition) is 10. The Morgan fingerprint density at radius 3 is 2.40 bits per heavy atom. The maximum Gasteiger partial charge on any atom is 0.303 e. The van der Waals surface area contributed by atoms with Gasteiger partial charge >= 0.3 is 5.97 Å². The normalized spacial score (nSPS) is 37.4. The average molecular weight is 616 g/mol. The highest BCUT2D eigenvalue weighted by Crippen LogP contribution is 2.44. The Morgan fingerprint density at radius 2 is 1.77 bits per heavy atom. The van der Waals surface area contributed by atoms with E-state index in [-0.39, 0.29) is 31.2 Å². The quantitative estimate of drug-likeness (QED) is 0.168. The molecule has 3 heterocycles. The number of nitrogens with one attached hydrogen (secondary N) is 1. The smallest absolute Gasteiger partial charge is 0.303 e. The van der Waals surface area contributed by atoms with Crippen LogP contribution < -0.4 is 5.32 Å². The zero-order valence-corrected chi connectivity index (χ0v) is 26.7. The second kappa shape index (κ2) is 15.6. The van der Waals surface area contributed by atoms with Crippen LogP contribution in [0.4, 0.5) is 0 Å². The number of aliphatic hydroxyl groups is 2. The maximum atomic E-state index is 13.4. The second-order valence-electron chi connectivity index (χ2n) is 12.9. The van der Waals surface area contributed by atoms with Gasteiger partial charge in [0.05, 0.1) is 24.4 Å². The summed E-state index contributed by atoms with van der Waals surface area (Å²) < 4.78 is 35.8. The van der Waals surface area contributed by atoms with Gasteiger partial charge in [0, 0.05) is 38.9 Å². The molecule has 12 heteroatoms. The number of fused-ring (bicyclic) bond motifs is 1. The lowest BCUT2D eigenvalue weighted by Gasteiger charge is -2.54. The Balaban J connectivity index is 1.66. The van der Waals surface area contributed by atoms with Crippen molar-refractivity contribution < 1.29 is 53.3 Å². The molecule has 3 aliphatic rings. The number of ether oxygens (including phenoxy) is 6. The molecule has 11 atom stereocenters. The van der Waals surface area contributed by atoms with E-state index < -0.39 is 65.9 Å². The van der Waals surface area contributed by atoms with Crippen LogP contribution in [0.15, 0.2) is 12.2 Å². The van der Waals surface area contributed by atoms with Gasteiger partial charge in [-0.1, -0.05) is 39.8 Å². The van der Waals surface area contributed by atoms with Crippen molar-refractivity contribution in [3.8, 4) is 0 Å². The molecule has 0 aromatic carbocycles. The molecule has 0 spiro atoms. The first-order chi connectivity index (χ1) is 20.3. The zero-order valence-electron chi connectivity index (χ0n) is 26.7. The third kappa shape index (κ3) is 8.55. The number of allylic oxidation sites excluding steroid dienone is 2. The van der Waals surface area contributed by atoms with E-state index in [4.69, 9.17) is 33.5 Å². The SMILES string of the molecule is CO[C@@H]1[C@H]2OCO[C@@H](NC(=O)[C@@H](O)[C@@]3(OC)CC(C)[C@@H](C)[C@@H](C)O3)[C@H]2O[C@H](C[C@H](O)CCC/C=C/CCC(=O)O)C1(C)C. The first-order valence-electron chi connectivity index (χ1n) is 15.4. The minimum absolute atomic E-state index is 0.0998. The van der Waals surface area contributed by atoms with Crippen molar-refractivity contribution in [2.75, 3.05) is 21.0 Å². The van der Waals surface area contributed by atoms with Crippen molar-refractivity contribution in [2.45, 2.75) is 134 Å². The van der Waals surface area contributed by atoms with Crippen LogP contribution in [0, 0.1) is 17.3 Å². The molecule has 4 N–H and O–H groups in total. The van der Waals surface area contributed by atoms with Crippen LogP contribution in [0.25, 0.3) is 0 Å². The number of unbranched alkanes of at least 4 members (excludes halogenated alkanes) is 1. The summed E-state index contributed by atoms with van der Waals surface area (Å²) in [6.45, 7) is 9.92. The molecule has 248 valence electrons. The molecular formula is C31H53NO11. The lowest BCUT2D eigenvalue weighted by atomic mass is 9.72. The summed E-state index contributed by atoms with van der Waals surface area (Å²) in [6.07, 6.45) is 1.41. The van der Waals surface area contributed by atoms with Crippen LogP contribution in [0.1, 0.15) is 79.6 Å². The summed E-state index contributed by atoms with van der Waals surface area (Å²) in [4.78, 5) is 24.1. The highest BCUT2D eigenvalue weighted by Gasteiger charge is 2.57. The molecule has 3 aliphatic heterocycles. The van der Waals surface area contributed by atoms with Crippen LogP contribution >= 0.6 is 0 Å². The number of methoxy groups -OCH3 is 2. The third-order valence-corrected chi connectivity index (χ3v) is 9.58. The first-order valence-corrected chi connectivity index (χ1v) is 15.4. The summed E-state index contributed by atoms with van der Waals surface area (Å²) in [5.74, 6) is -2.65. The minimum Gasteiger partial charge on any atom is -0.481 e. The fourth-order valence-corrected chi connectivity index (χ4v) is 6.54. The van der Waals surface area contributed by atoms with Crippen molar-refractivity contribution in [3.05, 3.63) is 12.2 Å². The monoisotopic (exact) mass is 615 g/mol. The van der Waals surface area contributed by atoms with Gasteiger partial charge < -0.3 is 49.1 Å². The molecule has 0 aliphatic carbocycles. The molecule has 43 heavy (non-hydrogen) atoms. The first kappa shape index (κ1) is 35.8. The Hall–Kier alpha value is -1.64. The van der Waals surface area contributed by atoms with E-state index in [0.29, 0.717) is 25.7 Å². The molecule has 0 radical (unpaired) electrons. The van der Waals surface area contributed by atoms with Gasteiger partial charge in [0.25, 0.3) is 5.91 Å². The standard InChI is InChI=1S/C31H53NO11/c1-18-16-31(39-7,43-20(3)19(18)2)26(36)28(37)32-29-25-24(40-17-41-29)27(38-6)30(4,5)22(42-25)15-21(33)13-11-9-8-10-12-14-23(34)35/h8,10,18-22,24-27,29,33,36H,9,11-17H2,1-7H3,(H,32,37)(H,34,35)/b10-8+/t18?,19-,20-,21-,22-,24+,25+,26-,27-,29-,31-/m1/s1. The molecular weight excluding hydrogens is 562 g/mol. The number of hydrogen-bond donors (Lipinski definition) is 4. The lowest BCUT2D eigenvalue weighted by Crippen LogP contribution is -2.69. The molecule has 0 aromatic rings. The summed E-state index contributed by atoms with van der Waals surface area (Å²) in [7, 11) is 3.02. The molecule has 3 saturated heterocycles. The van der Waals surface area contributed by atoms with E-state index in [2.05, 4.69) is 12.2 Å². The van der Waals surface area contributed by atoms with E-state index in [9.17, 15) is 19.8 Å². The molecule has 1 amide bonds. The highest BCUT2D eigenvalue weighted by atomic mass is 16.7. The third-order valence-electron chi connectivity index (χ3n) is 9.58. The van der Waals surface area contributed by atoms with Gasteiger partial charge in [-0.3, -0.25) is 9.59 Å². The van der Waals surface area contributed by atoms with Crippen LogP contribution in [-0.2, 0) is 38.0 Å². The van der Waals surface area contributed by atoms with Crippen molar-refractivity contribution in [2.24, 2.45) is 17.3 Å². The van der Waals surface area contributed by atoms with Crippen molar-refractivity contribution in [3.63, 3.8) is 0 Å². The highest BCUT2D eigenvalue weighted by molar-refractivity contribution is 5.82. The topological polar surface area (TPSA) is 162 Å². The van der Waals surface area contributed by atoms with E-state index in [0.717, 1.165) is 12.8 Å². The van der Waals surface area contributed by atoms with Crippen LogP contribution in [-0.4, -0.2) is 103 Å². The van der Waals surface area contributed by atoms with Gasteiger partial charge in [-0.15, -0.1) is 0 Å². The number of carbonyl (C=O) groups is 2. The molecule has 3 rings (SSSR count).